The fourth-order valence-corrected chi connectivity index (χ4v) is 3.60. The van der Waals surface area contributed by atoms with Gasteiger partial charge in [0.1, 0.15) is 0 Å². The Hall–Kier alpha value is -2.29. The lowest BCUT2D eigenvalue weighted by Gasteiger charge is -2.22. The van der Waals surface area contributed by atoms with E-state index in [-0.39, 0.29) is 17.6 Å². The first-order valence-electron chi connectivity index (χ1n) is 7.90. The molecule has 0 saturated carbocycles. The molecule has 1 aliphatic rings. The van der Waals surface area contributed by atoms with Gasteiger partial charge in [0, 0.05) is 24.9 Å². The van der Waals surface area contributed by atoms with Crippen molar-refractivity contribution in [2.45, 2.75) is 0 Å². The van der Waals surface area contributed by atoms with Crippen LogP contribution in [0.5, 0.6) is 0 Å². The molecule has 3 heterocycles. The Balaban J connectivity index is 0.00000196. The number of aromatic nitrogens is 2. The largest absolute Gasteiger partial charge is 0.461 e. The fraction of sp³-hybridized carbons (Fsp3) is 0.235. The number of halogens is 1. The average Bonchev–Trinajstić information content (AvgIpc) is 3.25. The number of furan rings is 1. The van der Waals surface area contributed by atoms with Gasteiger partial charge in [-0.2, -0.15) is 5.10 Å². The molecule has 26 heavy (non-hydrogen) atoms. The Morgan fingerprint density at radius 3 is 2.92 bits per heavy atom. The second-order valence-corrected chi connectivity index (χ2v) is 6.61. The number of hydrogen-bond acceptors (Lipinski definition) is 6. The number of rotatable bonds is 4. The number of hydrazone groups is 1. The van der Waals surface area contributed by atoms with Crippen molar-refractivity contribution in [1.29, 1.82) is 0 Å². The number of hydrogen-bond donors (Lipinski definition) is 1. The maximum Gasteiger partial charge on any atom is 0.302 e. The highest BCUT2D eigenvalue weighted by molar-refractivity contribution is 8.14. The molecule has 0 aliphatic carbocycles. The van der Waals surface area contributed by atoms with E-state index in [9.17, 15) is 4.79 Å². The molecule has 1 aromatic carbocycles. The summed E-state index contributed by atoms with van der Waals surface area (Å²) in [6.45, 7) is 0.804. The molecule has 0 radical (unpaired) electrons. The quantitative estimate of drug-likeness (QED) is 0.738. The van der Waals surface area contributed by atoms with Crippen LogP contribution in [0, 0.1) is 0 Å². The van der Waals surface area contributed by atoms with Crippen LogP contribution < -0.4 is 5.73 Å². The van der Waals surface area contributed by atoms with Crippen LogP contribution >= 0.6 is 24.2 Å². The molecular weight excluding hydrogens is 374 g/mol. The van der Waals surface area contributed by atoms with Gasteiger partial charge >= 0.3 is 5.24 Å². The summed E-state index contributed by atoms with van der Waals surface area (Å²) in [5.41, 5.74) is 9.23. The van der Waals surface area contributed by atoms with Gasteiger partial charge < -0.3 is 14.7 Å². The number of fused-ring (bicyclic) bond motifs is 1. The summed E-state index contributed by atoms with van der Waals surface area (Å²) in [6, 6.07) is 9.75. The molecule has 2 N–H and O–H groups in total. The maximum atomic E-state index is 11.9. The molecule has 1 amide bonds. The second-order valence-electron chi connectivity index (χ2n) is 5.69. The molecular formula is C17H18ClN5O2S. The van der Waals surface area contributed by atoms with Crippen LogP contribution in [-0.2, 0) is 7.05 Å². The predicted octanol–water partition coefficient (Wildman–Crippen LogP) is 3.09. The zero-order valence-corrected chi connectivity index (χ0v) is 15.7. The third kappa shape index (κ3) is 3.23. The summed E-state index contributed by atoms with van der Waals surface area (Å²) in [7, 11) is 1.96. The number of benzene rings is 1. The molecule has 2 aromatic heterocycles. The number of aryl methyl sites for hydroxylation is 1. The van der Waals surface area contributed by atoms with Crippen molar-refractivity contribution >= 4 is 46.2 Å². The highest BCUT2D eigenvalue weighted by Crippen LogP contribution is 2.26. The van der Waals surface area contributed by atoms with Gasteiger partial charge in [0.25, 0.3) is 0 Å². The number of nitrogens with two attached hydrogens (primary N) is 1. The number of carbonyl (C=O) groups is 1. The third-order valence-corrected chi connectivity index (χ3v) is 4.96. The SMILES string of the molecule is Cl.Cn1c(-c2ccco2)nc2cc(C3=NN(CCN)C(=O)SC3)ccc21. The Labute approximate surface area is 160 Å². The van der Waals surface area contributed by atoms with Gasteiger partial charge in [-0.15, -0.1) is 12.4 Å². The van der Waals surface area contributed by atoms with E-state index in [1.807, 2.05) is 41.9 Å². The van der Waals surface area contributed by atoms with Crippen LogP contribution in [0.1, 0.15) is 5.56 Å². The van der Waals surface area contributed by atoms with Gasteiger partial charge in [-0.3, -0.25) is 4.79 Å². The van der Waals surface area contributed by atoms with Gasteiger partial charge in [0.2, 0.25) is 0 Å². The lowest BCUT2D eigenvalue weighted by Crippen LogP contribution is -2.33. The maximum absolute atomic E-state index is 11.9. The minimum absolute atomic E-state index is 0. The van der Waals surface area contributed by atoms with Crippen LogP contribution in [0.3, 0.4) is 0 Å². The van der Waals surface area contributed by atoms with Crippen molar-refractivity contribution in [2.75, 3.05) is 18.8 Å². The minimum Gasteiger partial charge on any atom is -0.461 e. The normalized spacial score (nSPS) is 14.5. The Kier molecular flexibility index (Phi) is 5.36. The summed E-state index contributed by atoms with van der Waals surface area (Å²) in [6.07, 6.45) is 1.64. The summed E-state index contributed by atoms with van der Waals surface area (Å²) < 4.78 is 7.46. The predicted molar refractivity (Wildman–Crippen MR) is 106 cm³/mol. The van der Waals surface area contributed by atoms with E-state index in [1.165, 1.54) is 16.8 Å². The first-order valence-corrected chi connectivity index (χ1v) is 8.88. The van der Waals surface area contributed by atoms with E-state index in [1.54, 1.807) is 6.26 Å². The number of nitrogens with zero attached hydrogens (tertiary/aromatic N) is 4. The van der Waals surface area contributed by atoms with Crippen LogP contribution in [-0.4, -0.2) is 44.4 Å². The highest BCUT2D eigenvalue weighted by atomic mass is 35.5. The van der Waals surface area contributed by atoms with E-state index < -0.39 is 0 Å². The van der Waals surface area contributed by atoms with Crippen molar-refractivity contribution in [1.82, 2.24) is 14.6 Å². The molecule has 9 heteroatoms. The van der Waals surface area contributed by atoms with Crippen LogP contribution in [0.2, 0.25) is 0 Å². The Bertz CT molecular complexity index is 967. The minimum atomic E-state index is -0.0618. The van der Waals surface area contributed by atoms with E-state index in [0.29, 0.717) is 18.8 Å². The number of amides is 1. The first kappa shape index (κ1) is 18.5. The number of carbonyl (C=O) groups excluding carboxylic acids is 1. The molecule has 136 valence electrons. The van der Waals surface area contributed by atoms with E-state index in [2.05, 4.69) is 10.1 Å². The molecule has 0 spiro atoms. The van der Waals surface area contributed by atoms with Gasteiger partial charge in [0.05, 0.1) is 29.6 Å². The Morgan fingerprint density at radius 2 is 2.19 bits per heavy atom. The summed E-state index contributed by atoms with van der Waals surface area (Å²) in [4.78, 5) is 16.5. The first-order chi connectivity index (χ1) is 12.2. The van der Waals surface area contributed by atoms with Gasteiger partial charge in [0.15, 0.2) is 11.6 Å². The topological polar surface area (TPSA) is 89.7 Å². The smallest absolute Gasteiger partial charge is 0.302 e. The van der Waals surface area contributed by atoms with E-state index in [0.717, 1.165) is 33.9 Å². The summed E-state index contributed by atoms with van der Waals surface area (Å²) in [5, 5.41) is 5.82. The molecule has 3 aromatic rings. The molecule has 0 fully saturated rings. The molecule has 4 rings (SSSR count). The van der Waals surface area contributed by atoms with E-state index in [4.69, 9.17) is 10.2 Å². The highest BCUT2D eigenvalue weighted by Gasteiger charge is 2.22. The number of thioether (sulfide) groups is 1. The summed E-state index contributed by atoms with van der Waals surface area (Å²) in [5.74, 6) is 2.05. The lowest BCUT2D eigenvalue weighted by atomic mass is 10.1. The van der Waals surface area contributed by atoms with Crippen molar-refractivity contribution in [3.05, 3.63) is 42.2 Å². The molecule has 1 aliphatic heterocycles. The standard InChI is InChI=1S/C17H17N5O2S.ClH/c1-21-14-5-4-11(13-10-25-17(23)22(20-13)7-6-18)9-12(14)19-16(21)15-3-2-8-24-15;/h2-5,8-9H,6-7,10,18H2,1H3;1H. The number of imidazole rings is 1. The van der Waals surface area contributed by atoms with Crippen molar-refractivity contribution in [3.63, 3.8) is 0 Å². The average molecular weight is 392 g/mol. The molecule has 0 unspecified atom stereocenters. The molecule has 0 saturated heterocycles. The fourth-order valence-electron chi connectivity index (χ4n) is 2.83. The monoisotopic (exact) mass is 391 g/mol. The van der Waals surface area contributed by atoms with Crippen LogP contribution in [0.15, 0.2) is 46.1 Å². The second kappa shape index (κ2) is 7.53. The van der Waals surface area contributed by atoms with Gasteiger partial charge in [-0.1, -0.05) is 17.8 Å². The lowest BCUT2D eigenvalue weighted by molar-refractivity contribution is 0.226. The van der Waals surface area contributed by atoms with Crippen molar-refractivity contribution < 1.29 is 9.21 Å². The zero-order valence-electron chi connectivity index (χ0n) is 14.1. The van der Waals surface area contributed by atoms with Gasteiger partial charge in [-0.05, 0) is 24.3 Å². The molecule has 0 atom stereocenters. The van der Waals surface area contributed by atoms with Crippen molar-refractivity contribution in [2.24, 2.45) is 17.9 Å². The summed E-state index contributed by atoms with van der Waals surface area (Å²) >= 11 is 1.24. The zero-order chi connectivity index (χ0) is 17.4. The van der Waals surface area contributed by atoms with Crippen LogP contribution in [0.25, 0.3) is 22.6 Å². The third-order valence-electron chi connectivity index (χ3n) is 4.08. The van der Waals surface area contributed by atoms with Gasteiger partial charge in [-0.25, -0.2) is 9.99 Å². The van der Waals surface area contributed by atoms with Crippen LogP contribution in [0.4, 0.5) is 4.79 Å². The molecule has 0 bridgehead atoms. The van der Waals surface area contributed by atoms with Crippen molar-refractivity contribution in [3.8, 4) is 11.6 Å². The molecule has 7 nitrogen and oxygen atoms in total. The Morgan fingerprint density at radius 1 is 1.35 bits per heavy atom. The van der Waals surface area contributed by atoms with E-state index >= 15 is 0 Å².